The maximum absolute atomic E-state index is 12.0. The summed E-state index contributed by atoms with van der Waals surface area (Å²) in [7, 11) is 0. The van der Waals surface area contributed by atoms with Gasteiger partial charge in [0.2, 0.25) is 11.8 Å². The Hall–Kier alpha value is -2.10. The number of aromatic nitrogens is 1. The second-order valence-corrected chi connectivity index (χ2v) is 5.26. The summed E-state index contributed by atoms with van der Waals surface area (Å²) in [6.45, 7) is 3.78. The van der Waals surface area contributed by atoms with Crippen LogP contribution in [0.1, 0.15) is 24.3 Å². The van der Waals surface area contributed by atoms with E-state index in [-0.39, 0.29) is 12.3 Å². The Morgan fingerprint density at radius 3 is 2.65 bits per heavy atom. The minimum atomic E-state index is 0.111. The molecule has 0 saturated carbocycles. The number of rotatable bonds is 3. The zero-order valence-corrected chi connectivity index (χ0v) is 11.6. The van der Waals surface area contributed by atoms with E-state index in [4.69, 9.17) is 4.42 Å². The van der Waals surface area contributed by atoms with Crippen LogP contribution in [0.15, 0.2) is 34.9 Å². The Bertz CT molecular complexity index is 595. The van der Waals surface area contributed by atoms with Gasteiger partial charge >= 0.3 is 0 Å². The van der Waals surface area contributed by atoms with Crippen molar-refractivity contribution in [1.82, 2.24) is 9.88 Å². The topological polar surface area (TPSA) is 46.3 Å². The standard InChI is InChI=1S/C16H18N2O2/c1-12-4-6-13(7-5-12)14-11-20-15(17-14)10-16(19)18-8-2-3-9-18/h4-7,11H,2-3,8-10H2,1H3. The van der Waals surface area contributed by atoms with E-state index in [9.17, 15) is 4.79 Å². The van der Waals surface area contributed by atoms with E-state index >= 15 is 0 Å². The lowest BCUT2D eigenvalue weighted by molar-refractivity contribution is -0.129. The van der Waals surface area contributed by atoms with Crippen molar-refractivity contribution >= 4 is 5.91 Å². The van der Waals surface area contributed by atoms with Crippen molar-refractivity contribution in [1.29, 1.82) is 0 Å². The van der Waals surface area contributed by atoms with Crippen molar-refractivity contribution in [2.45, 2.75) is 26.2 Å². The number of carbonyl (C=O) groups is 1. The monoisotopic (exact) mass is 270 g/mol. The second kappa shape index (κ2) is 5.49. The molecule has 4 nitrogen and oxygen atoms in total. The van der Waals surface area contributed by atoms with E-state index < -0.39 is 0 Å². The fourth-order valence-corrected chi connectivity index (χ4v) is 2.46. The maximum atomic E-state index is 12.0. The van der Waals surface area contributed by atoms with E-state index in [1.165, 1.54) is 5.56 Å². The van der Waals surface area contributed by atoms with Gasteiger partial charge in [0.1, 0.15) is 18.4 Å². The summed E-state index contributed by atoms with van der Waals surface area (Å²) < 4.78 is 5.42. The van der Waals surface area contributed by atoms with Crippen LogP contribution in [0, 0.1) is 6.92 Å². The fraction of sp³-hybridized carbons (Fsp3) is 0.375. The summed E-state index contributed by atoms with van der Waals surface area (Å²) >= 11 is 0. The molecule has 4 heteroatoms. The molecule has 3 rings (SSSR count). The number of carbonyl (C=O) groups excluding carboxylic acids is 1. The molecule has 1 aliphatic rings. The Morgan fingerprint density at radius 2 is 1.95 bits per heavy atom. The van der Waals surface area contributed by atoms with Crippen LogP contribution in [-0.4, -0.2) is 28.9 Å². The number of hydrogen-bond donors (Lipinski definition) is 0. The Morgan fingerprint density at radius 1 is 1.25 bits per heavy atom. The minimum Gasteiger partial charge on any atom is -0.448 e. The Balaban J connectivity index is 1.70. The number of benzene rings is 1. The predicted octanol–water partition coefficient (Wildman–Crippen LogP) is 2.81. The molecule has 0 unspecified atom stereocenters. The zero-order chi connectivity index (χ0) is 13.9. The van der Waals surface area contributed by atoms with Crippen LogP contribution in [0.5, 0.6) is 0 Å². The first kappa shape index (κ1) is 12.9. The first-order valence-electron chi connectivity index (χ1n) is 7.01. The van der Waals surface area contributed by atoms with Gasteiger partial charge in [-0.2, -0.15) is 0 Å². The first-order valence-corrected chi connectivity index (χ1v) is 7.01. The van der Waals surface area contributed by atoms with E-state index in [0.717, 1.165) is 37.2 Å². The molecule has 1 amide bonds. The highest BCUT2D eigenvalue weighted by Crippen LogP contribution is 2.20. The third-order valence-electron chi connectivity index (χ3n) is 3.66. The fourth-order valence-electron chi connectivity index (χ4n) is 2.46. The highest BCUT2D eigenvalue weighted by atomic mass is 16.3. The van der Waals surface area contributed by atoms with Gasteiger partial charge in [-0.05, 0) is 19.8 Å². The summed E-state index contributed by atoms with van der Waals surface area (Å²) in [6.07, 6.45) is 4.08. The van der Waals surface area contributed by atoms with Crippen molar-refractivity contribution in [2.24, 2.45) is 0 Å². The number of hydrogen-bond acceptors (Lipinski definition) is 3. The lowest BCUT2D eigenvalue weighted by Crippen LogP contribution is -2.29. The van der Waals surface area contributed by atoms with E-state index in [1.54, 1.807) is 6.26 Å². The molecule has 2 aromatic rings. The van der Waals surface area contributed by atoms with Crippen LogP contribution >= 0.6 is 0 Å². The third-order valence-corrected chi connectivity index (χ3v) is 3.66. The van der Waals surface area contributed by atoms with Crippen LogP contribution in [0.4, 0.5) is 0 Å². The molecule has 1 aromatic heterocycles. The number of amides is 1. The second-order valence-electron chi connectivity index (χ2n) is 5.26. The van der Waals surface area contributed by atoms with Gasteiger partial charge in [0.15, 0.2) is 0 Å². The van der Waals surface area contributed by atoms with Crippen molar-refractivity contribution in [2.75, 3.05) is 13.1 Å². The smallest absolute Gasteiger partial charge is 0.231 e. The molecule has 1 fully saturated rings. The molecular formula is C16H18N2O2. The highest BCUT2D eigenvalue weighted by molar-refractivity contribution is 5.78. The summed E-state index contributed by atoms with van der Waals surface area (Å²) in [4.78, 5) is 18.3. The molecule has 0 spiro atoms. The summed E-state index contributed by atoms with van der Waals surface area (Å²) in [5.74, 6) is 0.609. The molecular weight excluding hydrogens is 252 g/mol. The van der Waals surface area contributed by atoms with E-state index in [0.29, 0.717) is 5.89 Å². The largest absolute Gasteiger partial charge is 0.448 e. The summed E-state index contributed by atoms with van der Waals surface area (Å²) in [6, 6.07) is 8.11. The van der Waals surface area contributed by atoms with Crippen LogP contribution in [-0.2, 0) is 11.2 Å². The van der Waals surface area contributed by atoms with Gasteiger partial charge < -0.3 is 9.32 Å². The number of oxazole rings is 1. The number of likely N-dealkylation sites (tertiary alicyclic amines) is 1. The molecule has 0 N–H and O–H groups in total. The summed E-state index contributed by atoms with van der Waals surface area (Å²) in [5, 5.41) is 0. The molecule has 1 aliphatic heterocycles. The van der Waals surface area contributed by atoms with Gasteiger partial charge in [0.25, 0.3) is 0 Å². The van der Waals surface area contributed by atoms with Crippen LogP contribution in [0.25, 0.3) is 11.3 Å². The molecule has 0 bridgehead atoms. The molecule has 0 aliphatic carbocycles. The van der Waals surface area contributed by atoms with Crippen LogP contribution in [0.2, 0.25) is 0 Å². The van der Waals surface area contributed by atoms with Crippen LogP contribution < -0.4 is 0 Å². The van der Waals surface area contributed by atoms with Gasteiger partial charge in [0.05, 0.1) is 0 Å². The predicted molar refractivity (Wildman–Crippen MR) is 76.2 cm³/mol. The molecule has 104 valence electrons. The normalized spacial score (nSPS) is 14.8. The first-order chi connectivity index (χ1) is 9.72. The number of nitrogens with zero attached hydrogens (tertiary/aromatic N) is 2. The average Bonchev–Trinajstić information content (AvgIpc) is 3.10. The van der Waals surface area contributed by atoms with Crippen LogP contribution in [0.3, 0.4) is 0 Å². The van der Waals surface area contributed by atoms with Crippen molar-refractivity contribution < 1.29 is 9.21 Å². The lowest BCUT2D eigenvalue weighted by Gasteiger charge is -2.13. The van der Waals surface area contributed by atoms with Gasteiger partial charge in [-0.15, -0.1) is 0 Å². The molecule has 0 radical (unpaired) electrons. The highest BCUT2D eigenvalue weighted by Gasteiger charge is 2.20. The molecule has 20 heavy (non-hydrogen) atoms. The molecule has 1 saturated heterocycles. The third kappa shape index (κ3) is 2.74. The van der Waals surface area contributed by atoms with Gasteiger partial charge in [0, 0.05) is 18.7 Å². The average molecular weight is 270 g/mol. The Kier molecular flexibility index (Phi) is 3.54. The molecule has 2 heterocycles. The maximum Gasteiger partial charge on any atom is 0.231 e. The summed E-state index contributed by atoms with van der Waals surface area (Å²) in [5.41, 5.74) is 3.01. The quantitative estimate of drug-likeness (QED) is 0.861. The molecule has 1 aromatic carbocycles. The lowest BCUT2D eigenvalue weighted by atomic mass is 10.1. The zero-order valence-electron chi connectivity index (χ0n) is 11.6. The van der Waals surface area contributed by atoms with Crippen molar-refractivity contribution in [3.05, 3.63) is 42.0 Å². The van der Waals surface area contributed by atoms with Gasteiger partial charge in [-0.25, -0.2) is 4.98 Å². The Labute approximate surface area is 118 Å². The van der Waals surface area contributed by atoms with Gasteiger partial charge in [-0.1, -0.05) is 29.8 Å². The van der Waals surface area contributed by atoms with Crippen molar-refractivity contribution in [3.63, 3.8) is 0 Å². The number of aryl methyl sites for hydroxylation is 1. The molecule has 0 atom stereocenters. The SMILES string of the molecule is Cc1ccc(-c2coc(CC(=O)N3CCCC3)n2)cc1. The van der Waals surface area contributed by atoms with Gasteiger partial charge in [-0.3, -0.25) is 4.79 Å². The van der Waals surface area contributed by atoms with E-state index in [1.807, 2.05) is 36.1 Å². The minimum absolute atomic E-state index is 0.111. The van der Waals surface area contributed by atoms with Crippen molar-refractivity contribution in [3.8, 4) is 11.3 Å². The van der Waals surface area contributed by atoms with E-state index in [2.05, 4.69) is 4.98 Å².